The van der Waals surface area contributed by atoms with Crippen LogP contribution in [0.15, 0.2) is 36.5 Å². The lowest BCUT2D eigenvalue weighted by atomic mass is 10.3. The van der Waals surface area contributed by atoms with Crippen LogP contribution in [0.2, 0.25) is 0 Å². The van der Waals surface area contributed by atoms with Gasteiger partial charge in [-0.1, -0.05) is 6.07 Å². The minimum Gasteiger partial charge on any atom is -0.466 e. The van der Waals surface area contributed by atoms with Crippen LogP contribution < -0.4 is 19.9 Å². The molecule has 1 amide bonds. The Labute approximate surface area is 185 Å². The fraction of sp³-hybridized carbons (Fsp3) is 0.381. The summed E-state index contributed by atoms with van der Waals surface area (Å²) in [5, 5.41) is 12.1. The Kier molecular flexibility index (Phi) is 6.56. The zero-order valence-corrected chi connectivity index (χ0v) is 18.4. The number of hydrogen-bond acceptors (Lipinski definition) is 9. The maximum Gasteiger partial charge on any atom is 0.258 e. The molecule has 1 aliphatic heterocycles. The number of nitrogens with zero attached hydrogens (tertiary/aromatic N) is 6. The molecule has 10 heteroatoms. The Morgan fingerprint density at radius 1 is 1.06 bits per heavy atom. The van der Waals surface area contributed by atoms with Gasteiger partial charge in [-0.15, -0.1) is 21.5 Å². The molecule has 0 atom stereocenters. The van der Waals surface area contributed by atoms with Crippen LogP contribution in [-0.4, -0.2) is 58.9 Å². The van der Waals surface area contributed by atoms with E-state index in [0.29, 0.717) is 12.4 Å². The van der Waals surface area contributed by atoms with E-state index < -0.39 is 0 Å². The normalized spacial score (nSPS) is 13.9. The van der Waals surface area contributed by atoms with E-state index in [9.17, 15) is 4.79 Å². The highest BCUT2D eigenvalue weighted by Crippen LogP contribution is 2.18. The lowest BCUT2D eigenvalue weighted by Gasteiger charge is -2.35. The van der Waals surface area contributed by atoms with Crippen molar-refractivity contribution in [2.75, 3.05) is 42.6 Å². The van der Waals surface area contributed by atoms with Crippen molar-refractivity contribution in [3.05, 3.63) is 52.1 Å². The average molecular weight is 440 g/mol. The molecule has 3 aromatic rings. The molecule has 1 N–H and O–H groups in total. The third-order valence-electron chi connectivity index (χ3n) is 5.06. The first-order valence-electron chi connectivity index (χ1n) is 10.2. The highest BCUT2D eigenvalue weighted by atomic mass is 32.1. The number of carbonyl (C=O) groups excluding carboxylic acids is 1. The summed E-state index contributed by atoms with van der Waals surface area (Å²) >= 11 is 1.58. The van der Waals surface area contributed by atoms with E-state index in [1.165, 1.54) is 0 Å². The highest BCUT2D eigenvalue weighted by molar-refractivity contribution is 7.11. The van der Waals surface area contributed by atoms with Gasteiger partial charge in [-0.25, -0.2) is 9.97 Å². The van der Waals surface area contributed by atoms with Gasteiger partial charge < -0.3 is 19.9 Å². The van der Waals surface area contributed by atoms with Crippen molar-refractivity contribution in [3.63, 3.8) is 0 Å². The zero-order chi connectivity index (χ0) is 21.6. The molecule has 1 aliphatic rings. The summed E-state index contributed by atoms with van der Waals surface area (Å²) in [5.74, 6) is 1.90. The summed E-state index contributed by atoms with van der Waals surface area (Å²) in [6.45, 7) is 7.68. The number of aromatic nitrogens is 4. The molecule has 0 aromatic carbocycles. The molecule has 4 heterocycles. The predicted octanol–water partition coefficient (Wildman–Crippen LogP) is 1.97. The molecule has 0 radical (unpaired) electrons. The van der Waals surface area contributed by atoms with Gasteiger partial charge >= 0.3 is 0 Å². The first-order chi connectivity index (χ1) is 15.1. The highest BCUT2D eigenvalue weighted by Gasteiger charge is 2.19. The SMILES string of the molecule is Cc1nc(CNC(=O)COc2ccc(N3CCN(c4ccccn4)CC3)nn2)sc1C. The topological polar surface area (TPSA) is 96.4 Å². The number of piperazine rings is 1. The molecule has 0 aliphatic carbocycles. The van der Waals surface area contributed by atoms with Gasteiger partial charge in [0.15, 0.2) is 12.4 Å². The van der Waals surface area contributed by atoms with Gasteiger partial charge in [0, 0.05) is 43.3 Å². The van der Waals surface area contributed by atoms with E-state index in [4.69, 9.17) is 4.74 Å². The molecule has 1 fully saturated rings. The molecule has 0 unspecified atom stereocenters. The molecular formula is C21H25N7O2S. The summed E-state index contributed by atoms with van der Waals surface area (Å²) in [4.78, 5) is 26.4. The van der Waals surface area contributed by atoms with Gasteiger partial charge in [-0.05, 0) is 32.0 Å². The summed E-state index contributed by atoms with van der Waals surface area (Å²) in [5.41, 5.74) is 0.999. The van der Waals surface area contributed by atoms with Crippen molar-refractivity contribution in [2.45, 2.75) is 20.4 Å². The van der Waals surface area contributed by atoms with Crippen LogP contribution in [0.5, 0.6) is 5.88 Å². The molecule has 31 heavy (non-hydrogen) atoms. The number of anilines is 2. The number of carbonyl (C=O) groups is 1. The second-order valence-corrected chi connectivity index (χ2v) is 8.49. The summed E-state index contributed by atoms with van der Waals surface area (Å²) in [6, 6.07) is 9.56. The number of nitrogens with one attached hydrogen (secondary N) is 1. The minimum absolute atomic E-state index is 0.111. The van der Waals surface area contributed by atoms with Crippen molar-refractivity contribution < 1.29 is 9.53 Å². The summed E-state index contributed by atoms with van der Waals surface area (Å²) in [7, 11) is 0. The number of rotatable bonds is 7. The van der Waals surface area contributed by atoms with E-state index >= 15 is 0 Å². The lowest BCUT2D eigenvalue weighted by molar-refractivity contribution is -0.123. The van der Waals surface area contributed by atoms with E-state index in [2.05, 4.69) is 35.3 Å². The van der Waals surface area contributed by atoms with Gasteiger partial charge in [0.2, 0.25) is 5.88 Å². The van der Waals surface area contributed by atoms with Crippen molar-refractivity contribution in [2.24, 2.45) is 0 Å². The average Bonchev–Trinajstić information content (AvgIpc) is 3.14. The lowest BCUT2D eigenvalue weighted by Crippen LogP contribution is -2.47. The zero-order valence-electron chi connectivity index (χ0n) is 17.6. The largest absolute Gasteiger partial charge is 0.466 e. The monoisotopic (exact) mass is 439 g/mol. The van der Waals surface area contributed by atoms with Crippen LogP contribution in [0.1, 0.15) is 15.6 Å². The number of ether oxygens (including phenoxy) is 1. The maximum atomic E-state index is 12.0. The number of pyridine rings is 1. The van der Waals surface area contributed by atoms with E-state index in [1.807, 2.05) is 44.3 Å². The molecule has 0 bridgehead atoms. The van der Waals surface area contributed by atoms with Crippen LogP contribution in [0.3, 0.4) is 0 Å². The van der Waals surface area contributed by atoms with E-state index in [0.717, 1.165) is 53.4 Å². The van der Waals surface area contributed by atoms with Crippen LogP contribution in [-0.2, 0) is 11.3 Å². The maximum absolute atomic E-state index is 12.0. The number of aryl methyl sites for hydroxylation is 2. The van der Waals surface area contributed by atoms with Crippen molar-refractivity contribution in [1.29, 1.82) is 0 Å². The minimum atomic E-state index is -0.220. The Morgan fingerprint density at radius 3 is 2.45 bits per heavy atom. The second-order valence-electron chi connectivity index (χ2n) is 7.21. The Balaban J connectivity index is 1.22. The first kappa shape index (κ1) is 21.0. The quantitative estimate of drug-likeness (QED) is 0.597. The van der Waals surface area contributed by atoms with E-state index in [-0.39, 0.29) is 12.5 Å². The van der Waals surface area contributed by atoms with Gasteiger partial charge in [-0.3, -0.25) is 4.79 Å². The summed E-state index contributed by atoms with van der Waals surface area (Å²) in [6.07, 6.45) is 1.81. The Hall–Kier alpha value is -3.27. The second kappa shape index (κ2) is 9.69. The van der Waals surface area contributed by atoms with Crippen molar-refractivity contribution in [3.8, 4) is 5.88 Å². The Bertz CT molecular complexity index is 983. The molecule has 3 aromatic heterocycles. The fourth-order valence-electron chi connectivity index (χ4n) is 3.24. The molecular weight excluding hydrogens is 414 g/mol. The van der Waals surface area contributed by atoms with Crippen LogP contribution in [0, 0.1) is 13.8 Å². The standard InChI is InChI=1S/C21H25N7O2S/c1-15-16(2)31-21(24-15)13-23-19(29)14-30-20-7-6-18(25-26-20)28-11-9-27(10-12-28)17-5-3-4-8-22-17/h3-8H,9-14H2,1-2H3,(H,23,29). The summed E-state index contributed by atoms with van der Waals surface area (Å²) < 4.78 is 5.46. The smallest absolute Gasteiger partial charge is 0.258 e. The third kappa shape index (κ3) is 5.46. The third-order valence-corrected chi connectivity index (χ3v) is 6.14. The van der Waals surface area contributed by atoms with Crippen molar-refractivity contribution in [1.82, 2.24) is 25.5 Å². The van der Waals surface area contributed by atoms with Gasteiger partial charge in [0.1, 0.15) is 10.8 Å². The van der Waals surface area contributed by atoms with Gasteiger partial charge in [0.25, 0.3) is 5.91 Å². The van der Waals surface area contributed by atoms with Crippen LogP contribution in [0.25, 0.3) is 0 Å². The van der Waals surface area contributed by atoms with E-state index in [1.54, 1.807) is 17.4 Å². The van der Waals surface area contributed by atoms with Gasteiger partial charge in [-0.2, -0.15) is 0 Å². The van der Waals surface area contributed by atoms with Crippen molar-refractivity contribution >= 4 is 28.9 Å². The number of hydrogen-bond donors (Lipinski definition) is 1. The molecule has 9 nitrogen and oxygen atoms in total. The van der Waals surface area contributed by atoms with Crippen LogP contribution in [0.4, 0.5) is 11.6 Å². The molecule has 0 spiro atoms. The first-order valence-corrected chi connectivity index (χ1v) is 11.0. The fourth-order valence-corrected chi connectivity index (χ4v) is 4.12. The van der Waals surface area contributed by atoms with Gasteiger partial charge in [0.05, 0.1) is 12.2 Å². The predicted molar refractivity (Wildman–Crippen MR) is 120 cm³/mol. The van der Waals surface area contributed by atoms with Crippen LogP contribution >= 0.6 is 11.3 Å². The number of amides is 1. The Morgan fingerprint density at radius 2 is 1.84 bits per heavy atom. The molecule has 1 saturated heterocycles. The molecule has 4 rings (SSSR count). The molecule has 0 saturated carbocycles. The molecule has 162 valence electrons. The number of thiazole rings is 1.